The molecule has 0 spiro atoms. The summed E-state index contributed by atoms with van der Waals surface area (Å²) < 4.78 is 5.14. The van der Waals surface area contributed by atoms with Crippen molar-refractivity contribution in [1.29, 1.82) is 0 Å². The number of hydrogen-bond acceptors (Lipinski definition) is 3. The van der Waals surface area contributed by atoms with E-state index < -0.39 is 6.09 Å². The number of carbonyl (C=O) groups excluding carboxylic acids is 1. The van der Waals surface area contributed by atoms with Crippen molar-refractivity contribution in [3.8, 4) is 5.75 Å². The van der Waals surface area contributed by atoms with Gasteiger partial charge in [0.1, 0.15) is 11.6 Å². The van der Waals surface area contributed by atoms with E-state index in [2.05, 4.69) is 17.2 Å². The number of hydrogen-bond donors (Lipinski definition) is 1. The fourth-order valence-electron chi connectivity index (χ4n) is 2.03. The highest BCUT2D eigenvalue weighted by atomic mass is 16.6. The van der Waals surface area contributed by atoms with Crippen LogP contribution >= 0.6 is 0 Å². The Kier molecular flexibility index (Phi) is 3.14. The second kappa shape index (κ2) is 4.96. The summed E-state index contributed by atoms with van der Waals surface area (Å²) in [6.45, 7) is 2.22. The Labute approximate surface area is 117 Å². The number of nitrogens with one attached hydrogen (secondary N) is 1. The SMILES string of the molecule is CC1(c2ccc(NC(=O)Oc3ccccc3)nc2)CC1. The van der Waals surface area contributed by atoms with Crippen molar-refractivity contribution in [2.75, 3.05) is 5.32 Å². The van der Waals surface area contributed by atoms with Gasteiger partial charge in [0.2, 0.25) is 0 Å². The summed E-state index contributed by atoms with van der Waals surface area (Å²) in [4.78, 5) is 16.0. The second-order valence-electron chi connectivity index (χ2n) is 5.32. The number of pyridine rings is 1. The van der Waals surface area contributed by atoms with Gasteiger partial charge in [-0.1, -0.05) is 31.2 Å². The smallest absolute Gasteiger partial charge is 0.410 e. The number of benzene rings is 1. The van der Waals surface area contributed by atoms with Gasteiger partial charge in [-0.3, -0.25) is 5.32 Å². The number of aromatic nitrogens is 1. The predicted octanol–water partition coefficient (Wildman–Crippen LogP) is 3.74. The van der Waals surface area contributed by atoms with E-state index in [0.29, 0.717) is 11.6 Å². The molecule has 0 atom stereocenters. The summed E-state index contributed by atoms with van der Waals surface area (Å²) >= 11 is 0. The van der Waals surface area contributed by atoms with Crippen molar-refractivity contribution >= 4 is 11.9 Å². The maximum absolute atomic E-state index is 11.7. The summed E-state index contributed by atoms with van der Waals surface area (Å²) in [5, 5.41) is 2.62. The van der Waals surface area contributed by atoms with Crippen LogP contribution in [0.2, 0.25) is 0 Å². The molecule has 1 aliphatic carbocycles. The molecule has 1 aromatic carbocycles. The molecule has 1 aromatic heterocycles. The summed E-state index contributed by atoms with van der Waals surface area (Å²) in [5.41, 5.74) is 1.51. The topological polar surface area (TPSA) is 51.2 Å². The van der Waals surface area contributed by atoms with Crippen molar-refractivity contribution in [3.63, 3.8) is 0 Å². The molecule has 1 saturated carbocycles. The molecule has 1 fully saturated rings. The maximum atomic E-state index is 11.7. The zero-order valence-electron chi connectivity index (χ0n) is 11.3. The first-order chi connectivity index (χ1) is 9.66. The number of carbonyl (C=O) groups is 1. The van der Waals surface area contributed by atoms with Crippen molar-refractivity contribution < 1.29 is 9.53 Å². The molecule has 0 radical (unpaired) electrons. The molecule has 1 N–H and O–H groups in total. The lowest BCUT2D eigenvalue weighted by atomic mass is 10.0. The Morgan fingerprint density at radius 2 is 1.95 bits per heavy atom. The Hall–Kier alpha value is -2.36. The van der Waals surface area contributed by atoms with E-state index >= 15 is 0 Å². The molecular formula is C16H16N2O2. The Bertz CT molecular complexity index is 604. The molecule has 4 nitrogen and oxygen atoms in total. The van der Waals surface area contributed by atoms with E-state index in [0.717, 1.165) is 0 Å². The van der Waals surface area contributed by atoms with Gasteiger partial charge in [0, 0.05) is 6.20 Å². The van der Waals surface area contributed by atoms with Crippen molar-refractivity contribution in [1.82, 2.24) is 4.98 Å². The number of nitrogens with zero attached hydrogens (tertiary/aromatic N) is 1. The van der Waals surface area contributed by atoms with Crippen LogP contribution in [0.15, 0.2) is 48.7 Å². The average molecular weight is 268 g/mol. The number of anilines is 1. The molecule has 1 heterocycles. The zero-order valence-corrected chi connectivity index (χ0v) is 11.3. The van der Waals surface area contributed by atoms with Crippen LogP contribution in [-0.2, 0) is 5.41 Å². The van der Waals surface area contributed by atoms with E-state index in [1.807, 2.05) is 36.5 Å². The van der Waals surface area contributed by atoms with E-state index in [1.165, 1.54) is 18.4 Å². The minimum atomic E-state index is -0.533. The fourth-order valence-corrected chi connectivity index (χ4v) is 2.03. The molecule has 3 rings (SSSR count). The molecule has 20 heavy (non-hydrogen) atoms. The maximum Gasteiger partial charge on any atom is 0.418 e. The molecule has 4 heteroatoms. The van der Waals surface area contributed by atoms with Gasteiger partial charge < -0.3 is 4.74 Å². The molecule has 2 aromatic rings. The van der Waals surface area contributed by atoms with E-state index in [9.17, 15) is 4.79 Å². The van der Waals surface area contributed by atoms with Crippen LogP contribution in [0, 0.1) is 0 Å². The lowest BCUT2D eigenvalue weighted by Crippen LogP contribution is -2.17. The van der Waals surface area contributed by atoms with Crippen LogP contribution in [-0.4, -0.2) is 11.1 Å². The van der Waals surface area contributed by atoms with Gasteiger partial charge in [0.25, 0.3) is 0 Å². The summed E-state index contributed by atoms with van der Waals surface area (Å²) in [7, 11) is 0. The van der Waals surface area contributed by atoms with Gasteiger partial charge in [-0.2, -0.15) is 0 Å². The molecule has 102 valence electrons. The van der Waals surface area contributed by atoms with Gasteiger partial charge in [-0.25, -0.2) is 9.78 Å². The van der Waals surface area contributed by atoms with E-state index in [4.69, 9.17) is 4.74 Å². The first-order valence-corrected chi connectivity index (χ1v) is 6.66. The van der Waals surface area contributed by atoms with Crippen molar-refractivity contribution in [2.24, 2.45) is 0 Å². The number of para-hydroxylation sites is 1. The number of rotatable bonds is 3. The Morgan fingerprint density at radius 3 is 2.55 bits per heavy atom. The molecule has 0 saturated heterocycles. The minimum absolute atomic E-state index is 0.288. The minimum Gasteiger partial charge on any atom is -0.410 e. The van der Waals surface area contributed by atoms with Gasteiger partial charge in [0.15, 0.2) is 0 Å². The van der Waals surface area contributed by atoms with Crippen LogP contribution in [0.5, 0.6) is 5.75 Å². The highest BCUT2D eigenvalue weighted by Gasteiger charge is 2.39. The number of amides is 1. The van der Waals surface area contributed by atoms with Crippen LogP contribution in [0.3, 0.4) is 0 Å². The quantitative estimate of drug-likeness (QED) is 0.922. The average Bonchev–Trinajstić information content (AvgIpc) is 3.20. The molecule has 1 aliphatic rings. The Morgan fingerprint density at radius 1 is 1.20 bits per heavy atom. The normalized spacial score (nSPS) is 15.4. The standard InChI is InChI=1S/C16H16N2O2/c1-16(9-10-16)12-7-8-14(17-11-12)18-15(19)20-13-5-3-2-4-6-13/h2-8,11H,9-10H2,1H3,(H,17,18,19). The van der Waals surface area contributed by atoms with Crippen LogP contribution in [0.1, 0.15) is 25.3 Å². The summed E-state index contributed by atoms with van der Waals surface area (Å²) in [6.07, 6.45) is 3.70. The monoisotopic (exact) mass is 268 g/mol. The molecule has 0 bridgehead atoms. The third-order valence-electron chi connectivity index (χ3n) is 3.64. The first kappa shape index (κ1) is 12.7. The number of ether oxygens (including phenoxy) is 1. The Balaban J connectivity index is 1.61. The fraction of sp³-hybridized carbons (Fsp3) is 0.250. The molecule has 1 amide bonds. The van der Waals surface area contributed by atoms with Crippen molar-refractivity contribution in [2.45, 2.75) is 25.2 Å². The summed E-state index contributed by atoms with van der Waals surface area (Å²) in [5.74, 6) is 1.01. The summed E-state index contributed by atoms with van der Waals surface area (Å²) in [6, 6.07) is 12.8. The van der Waals surface area contributed by atoms with Gasteiger partial charge in [-0.05, 0) is 42.0 Å². The highest BCUT2D eigenvalue weighted by Crippen LogP contribution is 2.47. The lowest BCUT2D eigenvalue weighted by molar-refractivity contribution is 0.215. The zero-order chi connectivity index (χ0) is 14.0. The lowest BCUT2D eigenvalue weighted by Gasteiger charge is -2.09. The first-order valence-electron chi connectivity index (χ1n) is 6.66. The third-order valence-corrected chi connectivity index (χ3v) is 3.64. The van der Waals surface area contributed by atoms with Crippen LogP contribution in [0.25, 0.3) is 0 Å². The molecular weight excluding hydrogens is 252 g/mol. The van der Waals surface area contributed by atoms with E-state index in [-0.39, 0.29) is 5.41 Å². The van der Waals surface area contributed by atoms with Gasteiger partial charge in [-0.15, -0.1) is 0 Å². The van der Waals surface area contributed by atoms with Crippen LogP contribution in [0.4, 0.5) is 10.6 Å². The van der Waals surface area contributed by atoms with Gasteiger partial charge >= 0.3 is 6.09 Å². The van der Waals surface area contributed by atoms with Crippen LogP contribution < -0.4 is 10.1 Å². The predicted molar refractivity (Wildman–Crippen MR) is 76.9 cm³/mol. The highest BCUT2D eigenvalue weighted by molar-refractivity contribution is 5.85. The molecule has 0 aliphatic heterocycles. The third kappa shape index (κ3) is 2.79. The van der Waals surface area contributed by atoms with Crippen molar-refractivity contribution in [3.05, 3.63) is 54.2 Å². The van der Waals surface area contributed by atoms with Gasteiger partial charge in [0.05, 0.1) is 0 Å². The second-order valence-corrected chi connectivity index (χ2v) is 5.32. The largest absolute Gasteiger partial charge is 0.418 e. The molecule has 0 unspecified atom stereocenters. The van der Waals surface area contributed by atoms with E-state index in [1.54, 1.807) is 12.1 Å².